The molecule has 1 aromatic heterocycles. The Labute approximate surface area is 169 Å². The highest BCUT2D eigenvalue weighted by Gasteiger charge is 2.15. The van der Waals surface area contributed by atoms with Crippen LogP contribution < -0.4 is 17.1 Å². The van der Waals surface area contributed by atoms with Crippen LogP contribution in [0.15, 0.2) is 22.9 Å². The van der Waals surface area contributed by atoms with Crippen LogP contribution in [0, 0.1) is 12.8 Å². The third-order valence-corrected chi connectivity index (χ3v) is 3.62. The van der Waals surface area contributed by atoms with Gasteiger partial charge in [0.25, 0.3) is 0 Å². The van der Waals surface area contributed by atoms with E-state index in [1.54, 1.807) is 6.92 Å². The summed E-state index contributed by atoms with van der Waals surface area (Å²) in [6.45, 7) is 12.3. The molecule has 0 saturated heterocycles. The van der Waals surface area contributed by atoms with Crippen LogP contribution in [0.25, 0.3) is 0 Å². The summed E-state index contributed by atoms with van der Waals surface area (Å²) in [5.74, 6) is 8.62. The Bertz CT molecular complexity index is 504. The number of aliphatic hydroxyl groups is 1. The van der Waals surface area contributed by atoms with Gasteiger partial charge in [0.15, 0.2) is 0 Å². The fourth-order valence-electron chi connectivity index (χ4n) is 2.04. The number of carbonyl (C=O) groups is 1. The van der Waals surface area contributed by atoms with E-state index in [0.29, 0.717) is 12.0 Å². The van der Waals surface area contributed by atoms with Gasteiger partial charge in [-0.2, -0.15) is 10.2 Å². The molecule has 9 nitrogen and oxygen atoms in total. The van der Waals surface area contributed by atoms with Gasteiger partial charge < -0.3 is 16.0 Å². The number of hydrogen-bond donors (Lipinski definition) is 5. The Hall–Kier alpha value is -2.07. The molecule has 0 aromatic carbocycles. The fraction of sp³-hybridized carbons (Fsp3) is 0.632. The van der Waals surface area contributed by atoms with E-state index in [1.165, 1.54) is 17.7 Å². The van der Waals surface area contributed by atoms with E-state index in [1.807, 2.05) is 25.4 Å². The number of nitrogens with zero attached hydrogens (tertiary/aromatic N) is 2. The number of H-pyrrole nitrogens is 1. The first-order valence-corrected chi connectivity index (χ1v) is 9.17. The number of rotatable bonds is 4. The topological polar surface area (TPSA) is 174 Å². The number of nitrogens with one attached hydrogen (secondary N) is 2. The smallest absolute Gasteiger partial charge is 0.145 e. The van der Waals surface area contributed by atoms with Crippen molar-refractivity contribution in [2.24, 2.45) is 22.7 Å². The number of hydrazine groups is 1. The first kappa shape index (κ1) is 33.5. The number of aromatic nitrogens is 2. The second-order valence-electron chi connectivity index (χ2n) is 5.64. The molecule has 2 heterocycles. The van der Waals surface area contributed by atoms with Crippen molar-refractivity contribution in [1.29, 1.82) is 0 Å². The third-order valence-electron chi connectivity index (χ3n) is 3.62. The summed E-state index contributed by atoms with van der Waals surface area (Å²) in [5, 5.41) is 17.7. The molecule has 1 aliphatic heterocycles. The van der Waals surface area contributed by atoms with Gasteiger partial charge in [0.05, 0.1) is 12.2 Å². The minimum Gasteiger partial charge on any atom is -0.412 e. The largest absolute Gasteiger partial charge is 0.412 e. The first-order valence-electron chi connectivity index (χ1n) is 9.17. The molecule has 0 fully saturated rings. The van der Waals surface area contributed by atoms with Gasteiger partial charge in [-0.1, -0.05) is 33.8 Å². The zero-order valence-electron chi connectivity index (χ0n) is 18.5. The lowest BCUT2D eigenvalue weighted by molar-refractivity contribution is -0.104. The molecule has 2 unspecified atom stereocenters. The van der Waals surface area contributed by atoms with Gasteiger partial charge >= 0.3 is 0 Å². The number of aliphatic hydroxyl groups excluding tert-OH is 1. The number of allylic oxidation sites excluding steroid dienone is 2. The monoisotopic (exact) mass is 402 g/mol. The Morgan fingerprint density at radius 1 is 1.29 bits per heavy atom. The Kier molecular flexibility index (Phi) is 29.8. The van der Waals surface area contributed by atoms with Gasteiger partial charge in [0, 0.05) is 24.9 Å². The number of hydrazone groups is 1. The molecule has 1 aliphatic rings. The molecule has 166 valence electrons. The highest BCUT2D eigenvalue weighted by atomic mass is 16.2. The van der Waals surface area contributed by atoms with Gasteiger partial charge in [-0.3, -0.25) is 21.6 Å². The van der Waals surface area contributed by atoms with Gasteiger partial charge in [-0.15, -0.1) is 0 Å². The molecule has 9 N–H and O–H groups in total. The fourth-order valence-corrected chi connectivity index (χ4v) is 2.04. The highest BCUT2D eigenvalue weighted by molar-refractivity contribution is 5.71. The van der Waals surface area contributed by atoms with Crippen molar-refractivity contribution in [3.63, 3.8) is 0 Å². The van der Waals surface area contributed by atoms with Crippen LogP contribution in [0.5, 0.6) is 0 Å². The van der Waals surface area contributed by atoms with E-state index >= 15 is 0 Å². The summed E-state index contributed by atoms with van der Waals surface area (Å²) < 4.78 is 0. The normalized spacial score (nSPS) is 16.1. The zero-order chi connectivity index (χ0) is 21.7. The lowest BCUT2D eigenvalue weighted by Crippen LogP contribution is -2.24. The second-order valence-corrected chi connectivity index (χ2v) is 5.64. The van der Waals surface area contributed by atoms with Crippen LogP contribution in [0.1, 0.15) is 58.7 Å². The molecule has 0 radical (unpaired) electrons. The minimum atomic E-state index is 0. The van der Waals surface area contributed by atoms with E-state index in [9.17, 15) is 4.79 Å². The minimum absolute atomic E-state index is 0. The Morgan fingerprint density at radius 2 is 1.86 bits per heavy atom. The van der Waals surface area contributed by atoms with Crippen LogP contribution in [0.3, 0.4) is 0 Å². The quantitative estimate of drug-likeness (QED) is 0.220. The lowest BCUT2D eigenvalue weighted by Gasteiger charge is -2.09. The molecule has 0 amide bonds. The van der Waals surface area contributed by atoms with Crippen LogP contribution in [0.2, 0.25) is 0 Å². The first-order chi connectivity index (χ1) is 13.0. The number of hydrogen-bond acceptors (Lipinski definition) is 7. The molecule has 0 spiro atoms. The van der Waals surface area contributed by atoms with Crippen molar-refractivity contribution >= 4 is 12.5 Å². The standard InChI is InChI=1S/C6H12N2.C6H10N2.C6H10O.CH4O.H4N2.H2O/c2*1-3-6-5(2)4-7-8-6;1-3-4-6(2)5-7;2*1-2;/h4-6,8H,3H2,1-2H3;4H,3H2,1-2H3,(H,7,8);4-5H,3H2,1-2H3;2H,1H3;1-2H2;1H2/b;;6-4+;;;. The maximum Gasteiger partial charge on any atom is 0.145 e. The zero-order valence-corrected chi connectivity index (χ0v) is 18.5. The molecule has 0 saturated carbocycles. The van der Waals surface area contributed by atoms with E-state index in [0.717, 1.165) is 31.8 Å². The molecule has 0 aliphatic carbocycles. The molecule has 2 rings (SSSR count). The summed E-state index contributed by atoms with van der Waals surface area (Å²) in [5.41, 5.74) is 6.34. The van der Waals surface area contributed by atoms with Gasteiger partial charge in [0.2, 0.25) is 0 Å². The van der Waals surface area contributed by atoms with Crippen LogP contribution in [-0.4, -0.2) is 46.4 Å². The lowest BCUT2D eigenvalue weighted by atomic mass is 10.0. The molecule has 1 aromatic rings. The number of carbonyl (C=O) groups excluding carboxylic acids is 1. The number of aromatic amines is 1. The number of aldehydes is 1. The molecule has 9 heteroatoms. The second kappa shape index (κ2) is 24.9. The summed E-state index contributed by atoms with van der Waals surface area (Å²) >= 11 is 0. The number of aryl methyl sites for hydroxylation is 2. The van der Waals surface area contributed by atoms with Crippen molar-refractivity contribution < 1.29 is 15.4 Å². The average molecular weight is 403 g/mol. The van der Waals surface area contributed by atoms with Crippen LogP contribution in [-0.2, 0) is 11.2 Å². The number of nitrogens with two attached hydrogens (primary N) is 2. The summed E-state index contributed by atoms with van der Waals surface area (Å²) in [6.07, 6.45) is 9.74. The molecular formula is C19H42N6O3. The van der Waals surface area contributed by atoms with Gasteiger partial charge in [0.1, 0.15) is 6.29 Å². The van der Waals surface area contributed by atoms with E-state index in [4.69, 9.17) is 5.11 Å². The highest BCUT2D eigenvalue weighted by Crippen LogP contribution is 2.08. The van der Waals surface area contributed by atoms with E-state index < -0.39 is 0 Å². The van der Waals surface area contributed by atoms with Crippen molar-refractivity contribution in [1.82, 2.24) is 15.6 Å². The Balaban J connectivity index is -0.000000140. The van der Waals surface area contributed by atoms with E-state index in [2.05, 4.69) is 60.1 Å². The molecule has 2 atom stereocenters. The molecule has 0 bridgehead atoms. The van der Waals surface area contributed by atoms with Crippen LogP contribution >= 0.6 is 0 Å². The average Bonchev–Trinajstić information content (AvgIpc) is 3.33. The van der Waals surface area contributed by atoms with Crippen molar-refractivity contribution in [2.75, 3.05) is 7.11 Å². The van der Waals surface area contributed by atoms with Gasteiger partial charge in [-0.05, 0) is 44.2 Å². The van der Waals surface area contributed by atoms with Crippen LogP contribution in [0.4, 0.5) is 0 Å². The SMILES string of the molecule is CC/C=C(\C)C=O.CCC1NN=CC1C.CCc1[nH]ncc1C.CO.NN.O. The van der Waals surface area contributed by atoms with Crippen molar-refractivity contribution in [2.45, 2.75) is 66.8 Å². The third kappa shape index (κ3) is 17.3. The maximum absolute atomic E-state index is 9.83. The summed E-state index contributed by atoms with van der Waals surface area (Å²) in [6, 6.07) is 0.593. The van der Waals surface area contributed by atoms with Crippen molar-refractivity contribution in [3.8, 4) is 0 Å². The maximum atomic E-state index is 9.83. The predicted molar refractivity (Wildman–Crippen MR) is 118 cm³/mol. The van der Waals surface area contributed by atoms with E-state index in [-0.39, 0.29) is 5.48 Å². The van der Waals surface area contributed by atoms with Gasteiger partial charge in [-0.25, -0.2) is 0 Å². The van der Waals surface area contributed by atoms with Crippen molar-refractivity contribution in [3.05, 3.63) is 29.1 Å². The summed E-state index contributed by atoms with van der Waals surface area (Å²) in [7, 11) is 1.00. The predicted octanol–water partition coefficient (Wildman–Crippen LogP) is 1.41. The summed E-state index contributed by atoms with van der Waals surface area (Å²) in [4.78, 5) is 9.83. The Morgan fingerprint density at radius 3 is 2.04 bits per heavy atom. The molecule has 28 heavy (non-hydrogen) atoms. The molecular weight excluding hydrogens is 360 g/mol.